The van der Waals surface area contributed by atoms with Gasteiger partial charge in [-0.15, -0.1) is 21.5 Å². The minimum Gasteiger partial charge on any atom is -0.299 e. The fourth-order valence-corrected chi connectivity index (χ4v) is 4.55. The van der Waals surface area contributed by atoms with Gasteiger partial charge in [-0.1, -0.05) is 46.7 Å². The summed E-state index contributed by atoms with van der Waals surface area (Å²) in [7, 11) is 0. The molecule has 3 nitrogen and oxygen atoms in total. The van der Waals surface area contributed by atoms with Crippen LogP contribution in [0.3, 0.4) is 0 Å². The van der Waals surface area contributed by atoms with Crippen molar-refractivity contribution in [3.8, 4) is 11.4 Å². The largest absolute Gasteiger partial charge is 0.299 e. The summed E-state index contributed by atoms with van der Waals surface area (Å²) in [5.74, 6) is 1.86. The zero-order chi connectivity index (χ0) is 17.1. The Kier molecular flexibility index (Phi) is 5.79. The molecule has 2 heterocycles. The molecule has 0 radical (unpaired) electrons. The molecule has 24 heavy (non-hydrogen) atoms. The average molecular weight is 422 g/mol. The fraction of sp³-hybridized carbons (Fsp3) is 0.333. The first-order valence-corrected chi connectivity index (χ1v) is 10.6. The lowest BCUT2D eigenvalue weighted by Crippen LogP contribution is -2.04. The average Bonchev–Trinajstić information content (AvgIpc) is 3.20. The van der Waals surface area contributed by atoms with Gasteiger partial charge in [0, 0.05) is 32.1 Å². The van der Waals surface area contributed by atoms with E-state index in [4.69, 9.17) is 0 Å². The van der Waals surface area contributed by atoms with Crippen molar-refractivity contribution in [2.24, 2.45) is 0 Å². The molecule has 0 spiro atoms. The van der Waals surface area contributed by atoms with Crippen molar-refractivity contribution in [3.05, 3.63) is 50.6 Å². The molecule has 3 aromatic rings. The third kappa shape index (κ3) is 3.92. The van der Waals surface area contributed by atoms with Gasteiger partial charge in [-0.3, -0.25) is 4.57 Å². The first-order valence-electron chi connectivity index (χ1n) is 7.98. The SMILES string of the molecule is CCc1cc(-c2nnc(SCc3ccc(Br)cc3)n2C(C)C)cs1. The molecule has 1 aromatic carbocycles. The summed E-state index contributed by atoms with van der Waals surface area (Å²) in [4.78, 5) is 1.38. The van der Waals surface area contributed by atoms with E-state index in [1.807, 2.05) is 0 Å². The molecule has 6 heteroatoms. The number of aromatic nitrogens is 3. The lowest BCUT2D eigenvalue weighted by atomic mass is 10.2. The molecule has 126 valence electrons. The van der Waals surface area contributed by atoms with Crippen LogP contribution in [-0.2, 0) is 12.2 Å². The molecule has 0 aliphatic rings. The normalized spacial score (nSPS) is 11.4. The van der Waals surface area contributed by atoms with Gasteiger partial charge in [0.15, 0.2) is 11.0 Å². The molecule has 0 saturated heterocycles. The second-order valence-electron chi connectivity index (χ2n) is 5.84. The van der Waals surface area contributed by atoms with Crippen LogP contribution in [0.25, 0.3) is 11.4 Å². The van der Waals surface area contributed by atoms with Gasteiger partial charge in [0.05, 0.1) is 0 Å². The molecule has 0 N–H and O–H groups in total. The standard InChI is InChI=1S/C18H20BrN3S2/c1-4-16-9-14(11-23-16)17-20-21-18(22(17)12(2)3)24-10-13-5-7-15(19)8-6-13/h5-9,11-12H,4,10H2,1-3H3. The summed E-state index contributed by atoms with van der Waals surface area (Å²) in [6.07, 6.45) is 1.06. The second-order valence-corrected chi connectivity index (χ2v) is 8.69. The van der Waals surface area contributed by atoms with Gasteiger partial charge in [-0.25, -0.2) is 0 Å². The number of thioether (sulfide) groups is 1. The highest BCUT2D eigenvalue weighted by molar-refractivity contribution is 9.10. The van der Waals surface area contributed by atoms with Gasteiger partial charge in [0.25, 0.3) is 0 Å². The summed E-state index contributed by atoms with van der Waals surface area (Å²) in [6.45, 7) is 6.55. The van der Waals surface area contributed by atoms with Gasteiger partial charge < -0.3 is 0 Å². The summed E-state index contributed by atoms with van der Waals surface area (Å²) in [5, 5.41) is 12.1. The third-order valence-electron chi connectivity index (χ3n) is 3.72. The van der Waals surface area contributed by atoms with Crippen LogP contribution in [0.5, 0.6) is 0 Å². The predicted molar refractivity (Wildman–Crippen MR) is 107 cm³/mol. The van der Waals surface area contributed by atoms with Gasteiger partial charge in [0.1, 0.15) is 0 Å². The van der Waals surface area contributed by atoms with Crippen molar-refractivity contribution >= 4 is 39.0 Å². The Morgan fingerprint density at radius 3 is 2.58 bits per heavy atom. The smallest absolute Gasteiger partial charge is 0.192 e. The minimum absolute atomic E-state index is 0.326. The number of rotatable bonds is 6. The molecular formula is C18H20BrN3S2. The predicted octanol–water partition coefficient (Wildman–Crippen LogP) is 6.20. The van der Waals surface area contributed by atoms with E-state index in [0.717, 1.165) is 27.6 Å². The highest BCUT2D eigenvalue weighted by Crippen LogP contribution is 2.31. The topological polar surface area (TPSA) is 30.7 Å². The Morgan fingerprint density at radius 1 is 1.21 bits per heavy atom. The highest BCUT2D eigenvalue weighted by Gasteiger charge is 2.17. The van der Waals surface area contributed by atoms with Crippen LogP contribution in [0.2, 0.25) is 0 Å². The van der Waals surface area contributed by atoms with E-state index in [9.17, 15) is 0 Å². The first kappa shape index (κ1) is 17.7. The Hall–Kier alpha value is -1.11. The van der Waals surface area contributed by atoms with Gasteiger partial charge in [-0.2, -0.15) is 0 Å². The van der Waals surface area contributed by atoms with Crippen LogP contribution in [-0.4, -0.2) is 14.8 Å². The monoisotopic (exact) mass is 421 g/mol. The molecule has 0 fully saturated rings. The van der Waals surface area contributed by atoms with Crippen molar-refractivity contribution in [1.29, 1.82) is 0 Å². The van der Waals surface area contributed by atoms with Crippen molar-refractivity contribution in [1.82, 2.24) is 14.8 Å². The lowest BCUT2D eigenvalue weighted by molar-refractivity contribution is 0.555. The van der Waals surface area contributed by atoms with E-state index in [-0.39, 0.29) is 0 Å². The molecule has 0 atom stereocenters. The van der Waals surface area contributed by atoms with E-state index in [2.05, 4.69) is 87.2 Å². The number of hydrogen-bond donors (Lipinski definition) is 0. The molecule has 0 aliphatic heterocycles. The molecule has 0 bridgehead atoms. The molecule has 3 rings (SSSR count). The summed E-state index contributed by atoms with van der Waals surface area (Å²) in [6, 6.07) is 11.0. The van der Waals surface area contributed by atoms with E-state index >= 15 is 0 Å². The van der Waals surface area contributed by atoms with Crippen LogP contribution in [0.15, 0.2) is 45.3 Å². The number of nitrogens with zero attached hydrogens (tertiary/aromatic N) is 3. The van der Waals surface area contributed by atoms with Crippen LogP contribution in [0, 0.1) is 0 Å². The second kappa shape index (κ2) is 7.85. The van der Waals surface area contributed by atoms with Crippen LogP contribution < -0.4 is 0 Å². The van der Waals surface area contributed by atoms with Crippen LogP contribution in [0.4, 0.5) is 0 Å². The van der Waals surface area contributed by atoms with Gasteiger partial charge in [-0.05, 0) is 44.0 Å². The maximum Gasteiger partial charge on any atom is 0.192 e. The number of thiophene rings is 1. The molecule has 2 aromatic heterocycles. The minimum atomic E-state index is 0.326. The highest BCUT2D eigenvalue weighted by atomic mass is 79.9. The molecule has 0 saturated carbocycles. The van der Waals surface area contributed by atoms with Crippen LogP contribution >= 0.6 is 39.0 Å². The maximum absolute atomic E-state index is 4.47. The zero-order valence-corrected chi connectivity index (χ0v) is 17.2. The van der Waals surface area contributed by atoms with E-state index in [1.165, 1.54) is 16.0 Å². The Labute approximate surface area is 159 Å². The molecular weight excluding hydrogens is 402 g/mol. The number of halogens is 1. The fourth-order valence-electron chi connectivity index (χ4n) is 2.45. The van der Waals surface area contributed by atoms with Gasteiger partial charge >= 0.3 is 0 Å². The van der Waals surface area contributed by atoms with Crippen LogP contribution in [0.1, 0.15) is 37.3 Å². The molecule has 0 unspecified atom stereocenters. The van der Waals surface area contributed by atoms with Crippen molar-refractivity contribution < 1.29 is 0 Å². The van der Waals surface area contributed by atoms with Gasteiger partial charge in [0.2, 0.25) is 0 Å². The third-order valence-corrected chi connectivity index (χ3v) is 6.35. The lowest BCUT2D eigenvalue weighted by Gasteiger charge is -2.13. The molecule has 0 aliphatic carbocycles. The number of hydrogen-bond acceptors (Lipinski definition) is 4. The Morgan fingerprint density at radius 2 is 1.96 bits per heavy atom. The van der Waals surface area contributed by atoms with E-state index < -0.39 is 0 Å². The van der Waals surface area contributed by atoms with Crippen molar-refractivity contribution in [3.63, 3.8) is 0 Å². The Bertz CT molecular complexity index is 806. The summed E-state index contributed by atoms with van der Waals surface area (Å²) < 4.78 is 3.35. The van der Waals surface area contributed by atoms with Crippen molar-refractivity contribution in [2.45, 2.75) is 44.1 Å². The zero-order valence-electron chi connectivity index (χ0n) is 14.0. The maximum atomic E-state index is 4.47. The first-order chi connectivity index (χ1) is 11.6. The Balaban J connectivity index is 1.84. The molecule has 0 amide bonds. The summed E-state index contributed by atoms with van der Waals surface area (Å²) >= 11 is 7.01. The summed E-state index contributed by atoms with van der Waals surface area (Å²) in [5.41, 5.74) is 2.46. The number of benzene rings is 1. The number of aryl methyl sites for hydroxylation is 1. The van der Waals surface area contributed by atoms with E-state index in [1.54, 1.807) is 23.1 Å². The van der Waals surface area contributed by atoms with Crippen molar-refractivity contribution in [2.75, 3.05) is 0 Å². The quantitative estimate of drug-likeness (QED) is 0.443. The van der Waals surface area contributed by atoms with E-state index in [0.29, 0.717) is 6.04 Å².